The number of terminal acetylenes is 1. The summed E-state index contributed by atoms with van der Waals surface area (Å²) in [7, 11) is 0. The van der Waals surface area contributed by atoms with Crippen molar-refractivity contribution >= 4 is 0 Å². The molecule has 0 spiro atoms. The molecule has 1 N–H and O–H groups in total. The smallest absolute Gasteiger partial charge is 0.125 e. The number of ether oxygens (including phenoxy) is 1. The molecule has 0 saturated carbocycles. The van der Waals surface area contributed by atoms with Crippen LogP contribution in [-0.2, 0) is 4.74 Å². The molecule has 1 heterocycles. The van der Waals surface area contributed by atoms with Crippen LogP contribution in [0.1, 0.15) is 37.4 Å². The Morgan fingerprint density at radius 3 is 2.00 bits per heavy atom. The Bertz CT molecular complexity index is 757. The first kappa shape index (κ1) is 22.5. The summed E-state index contributed by atoms with van der Waals surface area (Å²) in [6.45, 7) is 8.54. The molecule has 2 atom stereocenters. The van der Waals surface area contributed by atoms with Crippen molar-refractivity contribution in [2.75, 3.05) is 39.3 Å². The van der Waals surface area contributed by atoms with E-state index in [1.807, 2.05) is 13.8 Å². The van der Waals surface area contributed by atoms with Crippen molar-refractivity contribution in [3.8, 4) is 12.3 Å². The van der Waals surface area contributed by atoms with Gasteiger partial charge < -0.3 is 9.84 Å². The molecule has 4 nitrogen and oxygen atoms in total. The maximum atomic E-state index is 10.4. The summed E-state index contributed by atoms with van der Waals surface area (Å²) in [4.78, 5) is 4.85. The molecular weight excluding hydrogens is 372 g/mol. The van der Waals surface area contributed by atoms with Crippen LogP contribution < -0.4 is 0 Å². The number of aliphatic hydroxyl groups excluding tert-OH is 1. The minimum Gasteiger partial charge on any atom is -0.389 e. The predicted molar refractivity (Wildman–Crippen MR) is 122 cm³/mol. The van der Waals surface area contributed by atoms with E-state index in [9.17, 15) is 5.11 Å². The summed E-state index contributed by atoms with van der Waals surface area (Å²) in [6, 6.07) is 21.7. The van der Waals surface area contributed by atoms with Crippen LogP contribution >= 0.6 is 0 Å². The molecule has 1 fully saturated rings. The van der Waals surface area contributed by atoms with Gasteiger partial charge in [-0.05, 0) is 24.5 Å². The van der Waals surface area contributed by atoms with Crippen molar-refractivity contribution in [2.45, 2.75) is 38.0 Å². The summed E-state index contributed by atoms with van der Waals surface area (Å²) in [5, 5.41) is 10.4. The van der Waals surface area contributed by atoms with E-state index in [0.717, 1.165) is 32.6 Å². The van der Waals surface area contributed by atoms with E-state index in [0.29, 0.717) is 6.54 Å². The number of benzene rings is 2. The SMILES string of the molecule is C#CC(C)(CC)OCC(O)CN1CCN(C(c2ccccc2)c2ccccc2)CC1. The lowest BCUT2D eigenvalue weighted by atomic mass is 9.96. The topological polar surface area (TPSA) is 35.9 Å². The largest absolute Gasteiger partial charge is 0.389 e. The molecule has 4 heteroatoms. The molecule has 2 aromatic carbocycles. The van der Waals surface area contributed by atoms with Gasteiger partial charge in [-0.2, -0.15) is 0 Å². The minimum atomic E-state index is -0.599. The average Bonchev–Trinajstić information content (AvgIpc) is 2.80. The van der Waals surface area contributed by atoms with Crippen LogP contribution in [-0.4, -0.2) is 65.9 Å². The summed E-state index contributed by atoms with van der Waals surface area (Å²) in [5.74, 6) is 2.68. The second-order valence-electron chi connectivity index (χ2n) is 8.25. The van der Waals surface area contributed by atoms with Crippen LogP contribution in [0, 0.1) is 12.3 Å². The normalized spacial score (nSPS) is 18.6. The Balaban J connectivity index is 1.57. The van der Waals surface area contributed by atoms with E-state index in [2.05, 4.69) is 76.4 Å². The number of rotatable bonds is 9. The number of hydrogen-bond acceptors (Lipinski definition) is 4. The fourth-order valence-electron chi connectivity index (χ4n) is 3.97. The lowest BCUT2D eigenvalue weighted by Gasteiger charge is -2.40. The van der Waals surface area contributed by atoms with Gasteiger partial charge in [0.1, 0.15) is 5.60 Å². The van der Waals surface area contributed by atoms with Gasteiger partial charge in [0.2, 0.25) is 0 Å². The highest BCUT2D eigenvalue weighted by atomic mass is 16.5. The van der Waals surface area contributed by atoms with Gasteiger partial charge >= 0.3 is 0 Å². The van der Waals surface area contributed by atoms with E-state index in [1.54, 1.807) is 0 Å². The van der Waals surface area contributed by atoms with Crippen molar-refractivity contribution in [2.24, 2.45) is 0 Å². The lowest BCUT2D eigenvalue weighted by molar-refractivity contribution is -0.0506. The van der Waals surface area contributed by atoms with Crippen LogP contribution in [0.4, 0.5) is 0 Å². The highest BCUT2D eigenvalue weighted by molar-refractivity contribution is 5.31. The molecule has 0 bridgehead atoms. The van der Waals surface area contributed by atoms with Crippen molar-refractivity contribution in [1.29, 1.82) is 0 Å². The highest BCUT2D eigenvalue weighted by Gasteiger charge is 2.27. The van der Waals surface area contributed by atoms with Crippen molar-refractivity contribution in [1.82, 2.24) is 9.80 Å². The van der Waals surface area contributed by atoms with Gasteiger partial charge in [-0.15, -0.1) is 6.42 Å². The Kier molecular flexibility index (Phi) is 8.07. The van der Waals surface area contributed by atoms with Gasteiger partial charge in [0.25, 0.3) is 0 Å². The molecule has 30 heavy (non-hydrogen) atoms. The Morgan fingerprint density at radius 1 is 1.00 bits per heavy atom. The zero-order valence-corrected chi connectivity index (χ0v) is 18.2. The van der Waals surface area contributed by atoms with E-state index in [-0.39, 0.29) is 12.6 Å². The third kappa shape index (κ3) is 5.93. The van der Waals surface area contributed by atoms with Gasteiger partial charge in [-0.1, -0.05) is 73.5 Å². The summed E-state index contributed by atoms with van der Waals surface area (Å²) in [5.41, 5.74) is 2.04. The van der Waals surface area contributed by atoms with Crippen LogP contribution in [0.5, 0.6) is 0 Å². The second kappa shape index (κ2) is 10.7. The Morgan fingerprint density at radius 2 is 1.53 bits per heavy atom. The van der Waals surface area contributed by atoms with E-state index in [4.69, 9.17) is 11.2 Å². The molecule has 0 aliphatic carbocycles. The monoisotopic (exact) mass is 406 g/mol. The number of piperazine rings is 1. The third-order valence-electron chi connectivity index (χ3n) is 6.05. The lowest BCUT2D eigenvalue weighted by Crippen LogP contribution is -2.50. The fraction of sp³-hybridized carbons (Fsp3) is 0.462. The first-order valence-corrected chi connectivity index (χ1v) is 10.9. The van der Waals surface area contributed by atoms with Crippen LogP contribution in [0.15, 0.2) is 60.7 Å². The summed E-state index contributed by atoms with van der Waals surface area (Å²) < 4.78 is 5.78. The number of aliphatic hydroxyl groups is 1. The number of hydrogen-bond donors (Lipinski definition) is 1. The van der Waals surface area contributed by atoms with Crippen LogP contribution in [0.25, 0.3) is 0 Å². The molecule has 0 radical (unpaired) electrons. The third-order valence-corrected chi connectivity index (χ3v) is 6.05. The van der Waals surface area contributed by atoms with Gasteiger partial charge in [-0.25, -0.2) is 0 Å². The molecule has 2 aromatic rings. The fourth-order valence-corrected chi connectivity index (χ4v) is 3.97. The van der Waals surface area contributed by atoms with Crippen molar-refractivity contribution < 1.29 is 9.84 Å². The Hall–Kier alpha value is -2.16. The second-order valence-corrected chi connectivity index (χ2v) is 8.25. The summed E-state index contributed by atoms with van der Waals surface area (Å²) in [6.07, 6.45) is 5.75. The zero-order valence-electron chi connectivity index (χ0n) is 18.2. The molecule has 1 saturated heterocycles. The molecule has 0 aromatic heterocycles. The van der Waals surface area contributed by atoms with Gasteiger partial charge in [0.05, 0.1) is 18.8 Å². The molecular formula is C26H34N2O2. The van der Waals surface area contributed by atoms with Gasteiger partial charge in [0.15, 0.2) is 0 Å². The standard InChI is InChI=1S/C26H34N2O2/c1-4-26(3,5-2)30-21-24(29)20-27-16-18-28(19-17-27)25(22-12-8-6-9-13-22)23-14-10-7-11-15-23/h1,6-15,24-25,29H,5,16-21H2,2-3H3. The maximum absolute atomic E-state index is 10.4. The van der Waals surface area contributed by atoms with Crippen LogP contribution in [0.3, 0.4) is 0 Å². The van der Waals surface area contributed by atoms with E-state index < -0.39 is 11.7 Å². The molecule has 160 valence electrons. The van der Waals surface area contributed by atoms with E-state index >= 15 is 0 Å². The zero-order chi connectivity index (χ0) is 21.4. The number of β-amino-alcohol motifs (C(OH)–C–C–N with tert-alkyl or cyclic N) is 1. The highest BCUT2D eigenvalue weighted by Crippen LogP contribution is 2.29. The maximum Gasteiger partial charge on any atom is 0.125 e. The molecule has 1 aliphatic heterocycles. The Labute approximate surface area is 181 Å². The van der Waals surface area contributed by atoms with Gasteiger partial charge in [-0.3, -0.25) is 9.80 Å². The average molecular weight is 407 g/mol. The van der Waals surface area contributed by atoms with Crippen LogP contribution in [0.2, 0.25) is 0 Å². The molecule has 1 aliphatic rings. The molecule has 2 unspecified atom stereocenters. The predicted octanol–water partition coefficient (Wildman–Crippen LogP) is 3.57. The van der Waals surface area contributed by atoms with Crippen molar-refractivity contribution in [3.63, 3.8) is 0 Å². The van der Waals surface area contributed by atoms with Crippen molar-refractivity contribution in [3.05, 3.63) is 71.8 Å². The first-order valence-electron chi connectivity index (χ1n) is 10.9. The molecule has 3 rings (SSSR count). The number of nitrogens with zero attached hydrogens (tertiary/aromatic N) is 2. The van der Waals surface area contributed by atoms with E-state index in [1.165, 1.54) is 11.1 Å². The quantitative estimate of drug-likeness (QED) is 0.646. The van der Waals surface area contributed by atoms with Gasteiger partial charge in [0, 0.05) is 32.7 Å². The first-order chi connectivity index (χ1) is 14.5. The molecule has 0 amide bonds. The summed E-state index contributed by atoms with van der Waals surface area (Å²) >= 11 is 0. The minimum absolute atomic E-state index is 0.253.